The summed E-state index contributed by atoms with van der Waals surface area (Å²) in [6.45, 7) is 4.39. The van der Waals surface area contributed by atoms with Gasteiger partial charge in [0, 0.05) is 29.8 Å². The van der Waals surface area contributed by atoms with Gasteiger partial charge in [-0.05, 0) is 186 Å². The molecule has 0 saturated carbocycles. The third kappa shape index (κ3) is 9.35. The predicted octanol–water partition coefficient (Wildman–Crippen LogP) is 24.6. The summed E-state index contributed by atoms with van der Waals surface area (Å²) in [5, 5.41) is 12.4. The van der Waals surface area contributed by atoms with E-state index in [0.717, 1.165) is 74.6 Å². The van der Waals surface area contributed by atoms with Gasteiger partial charge in [-0.1, -0.05) is 293 Å². The molecule has 0 radical (unpaired) electrons. The van der Waals surface area contributed by atoms with E-state index in [2.05, 4.69) is 351 Å². The number of hydrogen-bond acceptors (Lipinski definition) is 2. The van der Waals surface area contributed by atoms with Crippen LogP contribution in [0.25, 0.3) is 176 Å². The minimum atomic E-state index is 0.769. The molecule has 16 aromatic carbocycles. The first kappa shape index (κ1) is 56.5. The average Bonchev–Trinajstić information content (AvgIpc) is 0.925. The maximum Gasteiger partial charge on any atom is 0.114 e. The maximum atomic E-state index is 5.51. The van der Waals surface area contributed by atoms with E-state index in [0.29, 0.717) is 0 Å². The fourth-order valence-electron chi connectivity index (χ4n) is 15.5. The molecule has 452 valence electrons. The Morgan fingerprint density at radius 2 is 0.594 bits per heavy atom. The zero-order chi connectivity index (χ0) is 63.8. The van der Waals surface area contributed by atoms with Crippen LogP contribution in [0.3, 0.4) is 0 Å². The second kappa shape index (κ2) is 23.4. The van der Waals surface area contributed by atoms with Crippen LogP contribution in [-0.2, 0) is 12.8 Å². The zero-order valence-corrected chi connectivity index (χ0v) is 53.4. The Morgan fingerprint density at radius 1 is 0.240 bits per heavy atom. The van der Waals surface area contributed by atoms with Crippen molar-refractivity contribution in [3.05, 3.63) is 339 Å². The Kier molecular flexibility index (Phi) is 13.8. The van der Waals surface area contributed by atoms with Crippen molar-refractivity contribution in [1.29, 1.82) is 0 Å². The van der Waals surface area contributed by atoms with E-state index in [9.17, 15) is 0 Å². The number of benzene rings is 16. The number of hydrogen-bond donors (Lipinski definition) is 0. The molecular formula is C92H64N4. The van der Waals surface area contributed by atoms with Gasteiger partial charge in [0.2, 0.25) is 0 Å². The van der Waals surface area contributed by atoms with E-state index < -0.39 is 0 Å². The van der Waals surface area contributed by atoms with E-state index in [-0.39, 0.29) is 0 Å². The summed E-state index contributed by atoms with van der Waals surface area (Å²) in [6.07, 6.45) is 1.61. The van der Waals surface area contributed by atoms with Crippen LogP contribution in [-0.4, -0.2) is 19.1 Å². The SMILES string of the molecule is CCc1nc2ccccc2n1-c1ccc(-c2c3ccccc3c(-c3ccc(-c4cc(-c5cccc6c5nc(CC)n6-c5ccc(-c6c7ccccc7c(-c7ccc(-c8cccc9ccccc89)cc7)c7ccccc67)cc5)ccc4-c4ccccc4)cc3)c3ccccc23)cc1. The van der Waals surface area contributed by atoms with E-state index in [4.69, 9.17) is 9.97 Å². The topological polar surface area (TPSA) is 35.6 Å². The van der Waals surface area contributed by atoms with E-state index in [1.54, 1.807) is 0 Å². The molecule has 0 amide bonds. The summed E-state index contributed by atoms with van der Waals surface area (Å²) in [7, 11) is 0. The van der Waals surface area contributed by atoms with Crippen molar-refractivity contribution < 1.29 is 0 Å². The molecule has 0 bridgehead atoms. The summed E-state index contributed by atoms with van der Waals surface area (Å²) >= 11 is 0. The van der Waals surface area contributed by atoms with Gasteiger partial charge in [-0.2, -0.15) is 0 Å². The van der Waals surface area contributed by atoms with Crippen molar-refractivity contribution in [2.75, 3.05) is 0 Å². The molecule has 96 heavy (non-hydrogen) atoms. The Morgan fingerprint density at radius 3 is 1.10 bits per heavy atom. The van der Waals surface area contributed by atoms with Crippen molar-refractivity contribution in [3.8, 4) is 100 Å². The van der Waals surface area contributed by atoms with Gasteiger partial charge in [0.05, 0.1) is 22.1 Å². The molecule has 2 aromatic heterocycles. The van der Waals surface area contributed by atoms with Crippen LogP contribution < -0.4 is 0 Å². The summed E-state index contributed by atoms with van der Waals surface area (Å²) in [5.74, 6) is 2.08. The Bertz CT molecular complexity index is 5940. The molecular weight excluding hydrogens is 1160 g/mol. The molecule has 18 rings (SSSR count). The highest BCUT2D eigenvalue weighted by Crippen LogP contribution is 2.48. The van der Waals surface area contributed by atoms with Gasteiger partial charge in [0.1, 0.15) is 11.6 Å². The predicted molar refractivity (Wildman–Crippen MR) is 405 cm³/mol. The third-order valence-corrected chi connectivity index (χ3v) is 19.9. The van der Waals surface area contributed by atoms with Crippen LogP contribution in [0.4, 0.5) is 0 Å². The normalized spacial score (nSPS) is 11.7. The highest BCUT2D eigenvalue weighted by molar-refractivity contribution is 6.23. The van der Waals surface area contributed by atoms with Gasteiger partial charge in [-0.25, -0.2) is 9.97 Å². The molecule has 0 aliphatic rings. The van der Waals surface area contributed by atoms with Crippen LogP contribution in [0.15, 0.2) is 328 Å². The molecule has 18 aromatic rings. The Hall–Kier alpha value is -12.2. The quantitative estimate of drug-likeness (QED) is 0.114. The molecule has 0 spiro atoms. The lowest BCUT2D eigenvalue weighted by molar-refractivity contribution is 0.908. The Labute approximate surface area is 558 Å². The minimum absolute atomic E-state index is 0.769. The van der Waals surface area contributed by atoms with Gasteiger partial charge in [-0.3, -0.25) is 9.13 Å². The van der Waals surface area contributed by atoms with Crippen LogP contribution >= 0.6 is 0 Å². The second-order valence-corrected chi connectivity index (χ2v) is 25.2. The molecule has 4 nitrogen and oxygen atoms in total. The van der Waals surface area contributed by atoms with Crippen LogP contribution in [0.5, 0.6) is 0 Å². The minimum Gasteiger partial charge on any atom is -0.296 e. The van der Waals surface area contributed by atoms with Crippen molar-refractivity contribution in [1.82, 2.24) is 19.1 Å². The number of aromatic nitrogens is 4. The van der Waals surface area contributed by atoms with E-state index in [1.807, 2.05) is 0 Å². The fraction of sp³-hybridized carbons (Fsp3) is 0.0435. The standard InChI is InChI=1S/C92H64N4/c1-3-86-93-83-37-18-19-38-84(83)95(86)68-53-48-65(49-54-68)90-80-33-16-12-29-76(80)89(77-30-13-17-34-81(77)90)64-46-42-62(43-47-64)82-58-67(52-57-72(82)59-22-6-5-7-23-59)73-36-21-39-85-92(73)94-87(4-2)96(85)69-55-50-66(51-56-69)91-78-31-14-10-27-74(78)88(75-28-11-15-32-79(75)91)63-44-40-61(41-45-63)71-35-20-25-60-24-8-9-26-70(60)71/h5-58H,3-4H2,1-2H3. The van der Waals surface area contributed by atoms with Crippen LogP contribution in [0.1, 0.15) is 25.5 Å². The molecule has 2 heterocycles. The summed E-state index contributed by atoms with van der Waals surface area (Å²) in [5.41, 5.74) is 25.5. The van der Waals surface area contributed by atoms with Gasteiger partial charge in [0.25, 0.3) is 0 Å². The zero-order valence-electron chi connectivity index (χ0n) is 53.4. The first-order valence-electron chi connectivity index (χ1n) is 33.5. The molecule has 0 aliphatic carbocycles. The van der Waals surface area contributed by atoms with Gasteiger partial charge >= 0.3 is 0 Å². The smallest absolute Gasteiger partial charge is 0.114 e. The highest BCUT2D eigenvalue weighted by atomic mass is 15.1. The summed E-state index contributed by atoms with van der Waals surface area (Å²) in [4.78, 5) is 10.5. The summed E-state index contributed by atoms with van der Waals surface area (Å²) in [6, 6.07) is 121. The van der Waals surface area contributed by atoms with Gasteiger partial charge in [-0.15, -0.1) is 0 Å². The van der Waals surface area contributed by atoms with Crippen LogP contribution in [0, 0.1) is 0 Å². The molecule has 4 heteroatoms. The number of fused-ring (bicyclic) bond motifs is 7. The number of rotatable bonds is 12. The third-order valence-electron chi connectivity index (χ3n) is 19.9. The Balaban J connectivity index is 0.697. The van der Waals surface area contributed by atoms with Gasteiger partial charge < -0.3 is 0 Å². The first-order valence-corrected chi connectivity index (χ1v) is 33.5. The number of para-hydroxylation sites is 3. The van der Waals surface area contributed by atoms with Crippen LogP contribution in [0.2, 0.25) is 0 Å². The summed E-state index contributed by atoms with van der Waals surface area (Å²) < 4.78 is 4.67. The lowest BCUT2D eigenvalue weighted by Crippen LogP contribution is -2.00. The monoisotopic (exact) mass is 1220 g/mol. The highest BCUT2D eigenvalue weighted by Gasteiger charge is 2.23. The molecule has 0 unspecified atom stereocenters. The van der Waals surface area contributed by atoms with Crippen molar-refractivity contribution >= 4 is 75.9 Å². The number of aryl methyl sites for hydroxylation is 2. The molecule has 0 N–H and O–H groups in total. The van der Waals surface area contributed by atoms with Gasteiger partial charge in [0.15, 0.2) is 0 Å². The maximum absolute atomic E-state index is 5.51. The van der Waals surface area contributed by atoms with E-state index >= 15 is 0 Å². The molecule has 0 fully saturated rings. The fourth-order valence-corrected chi connectivity index (χ4v) is 15.5. The number of nitrogens with zero attached hydrogens (tertiary/aromatic N) is 4. The number of imidazole rings is 2. The molecule has 0 atom stereocenters. The van der Waals surface area contributed by atoms with Crippen molar-refractivity contribution in [2.24, 2.45) is 0 Å². The molecule has 0 saturated heterocycles. The second-order valence-electron chi connectivity index (χ2n) is 25.2. The lowest BCUT2D eigenvalue weighted by atomic mass is 9.85. The van der Waals surface area contributed by atoms with Crippen molar-refractivity contribution in [3.63, 3.8) is 0 Å². The van der Waals surface area contributed by atoms with E-state index in [1.165, 1.54) is 126 Å². The average molecular weight is 1230 g/mol. The lowest BCUT2D eigenvalue weighted by Gasteiger charge is -2.19. The largest absolute Gasteiger partial charge is 0.296 e. The van der Waals surface area contributed by atoms with Crippen molar-refractivity contribution in [2.45, 2.75) is 26.7 Å². The first-order chi connectivity index (χ1) is 47.5. The molecule has 0 aliphatic heterocycles.